The average Bonchev–Trinajstić information content (AvgIpc) is 3.05. The summed E-state index contributed by atoms with van der Waals surface area (Å²) >= 11 is 0. The second kappa shape index (κ2) is 6.73. The summed E-state index contributed by atoms with van der Waals surface area (Å²) in [5.41, 5.74) is 6.16. The van der Waals surface area contributed by atoms with E-state index in [0.29, 0.717) is 0 Å². The standard InChI is InChI=1S/C13H15N3O6S2/c1-15-24(20,21)12-7-6-11(22-12)13(17)16-23(18,19)10-4-2-9(8-14)3-5-10/h2-7,15H,8,14H2,1H3,(H,16,17). The number of carbonyl (C=O) groups excluding carboxylic acids is 1. The van der Waals surface area contributed by atoms with Crippen LogP contribution in [0.25, 0.3) is 0 Å². The molecule has 1 aromatic heterocycles. The number of nitrogens with two attached hydrogens (primary N) is 1. The number of benzene rings is 1. The Morgan fingerprint density at radius 3 is 2.21 bits per heavy atom. The van der Waals surface area contributed by atoms with Crippen molar-refractivity contribution in [3.8, 4) is 0 Å². The Bertz CT molecular complexity index is 946. The largest absolute Gasteiger partial charge is 0.438 e. The summed E-state index contributed by atoms with van der Waals surface area (Å²) in [5.74, 6) is -1.54. The Morgan fingerprint density at radius 1 is 1.04 bits per heavy atom. The predicted molar refractivity (Wildman–Crippen MR) is 83.9 cm³/mol. The number of rotatable bonds is 6. The Labute approximate surface area is 139 Å². The summed E-state index contributed by atoms with van der Waals surface area (Å²) in [6.07, 6.45) is 0. The zero-order chi connectivity index (χ0) is 18.0. The van der Waals surface area contributed by atoms with Gasteiger partial charge >= 0.3 is 5.91 Å². The molecule has 24 heavy (non-hydrogen) atoms. The van der Waals surface area contributed by atoms with E-state index in [9.17, 15) is 21.6 Å². The van der Waals surface area contributed by atoms with Crippen LogP contribution in [0.1, 0.15) is 16.1 Å². The van der Waals surface area contributed by atoms with Crippen LogP contribution in [-0.2, 0) is 26.6 Å². The van der Waals surface area contributed by atoms with Gasteiger partial charge in [-0.15, -0.1) is 0 Å². The summed E-state index contributed by atoms with van der Waals surface area (Å²) < 4.78 is 56.0. The highest BCUT2D eigenvalue weighted by atomic mass is 32.2. The number of amides is 1. The third-order valence-electron chi connectivity index (χ3n) is 3.04. The molecule has 0 radical (unpaired) electrons. The topological polar surface area (TPSA) is 149 Å². The van der Waals surface area contributed by atoms with E-state index < -0.39 is 36.8 Å². The monoisotopic (exact) mass is 373 g/mol. The molecule has 4 N–H and O–H groups in total. The first-order valence-electron chi connectivity index (χ1n) is 6.59. The fourth-order valence-electron chi connectivity index (χ4n) is 1.72. The van der Waals surface area contributed by atoms with Crippen molar-refractivity contribution in [2.24, 2.45) is 5.73 Å². The molecule has 0 saturated carbocycles. The fraction of sp³-hybridized carbons (Fsp3) is 0.154. The van der Waals surface area contributed by atoms with Gasteiger partial charge in [0.05, 0.1) is 4.90 Å². The summed E-state index contributed by atoms with van der Waals surface area (Å²) in [4.78, 5) is 11.8. The number of nitrogens with one attached hydrogen (secondary N) is 2. The van der Waals surface area contributed by atoms with E-state index in [1.54, 1.807) is 4.72 Å². The van der Waals surface area contributed by atoms with Crippen LogP contribution >= 0.6 is 0 Å². The van der Waals surface area contributed by atoms with Gasteiger partial charge in [-0.25, -0.2) is 26.3 Å². The van der Waals surface area contributed by atoms with Gasteiger partial charge in [0.1, 0.15) is 0 Å². The van der Waals surface area contributed by atoms with E-state index in [-0.39, 0.29) is 11.4 Å². The van der Waals surface area contributed by atoms with Gasteiger partial charge in [0, 0.05) is 6.54 Å². The smallest absolute Gasteiger partial charge is 0.300 e. The van der Waals surface area contributed by atoms with Gasteiger partial charge in [-0.3, -0.25) is 4.79 Å². The van der Waals surface area contributed by atoms with Crippen molar-refractivity contribution in [1.82, 2.24) is 9.44 Å². The van der Waals surface area contributed by atoms with Gasteiger partial charge in [0.25, 0.3) is 20.0 Å². The number of furan rings is 1. The van der Waals surface area contributed by atoms with Crippen LogP contribution in [0.15, 0.2) is 50.8 Å². The van der Waals surface area contributed by atoms with Crippen molar-refractivity contribution in [2.75, 3.05) is 7.05 Å². The van der Waals surface area contributed by atoms with Crippen LogP contribution in [0.5, 0.6) is 0 Å². The molecule has 1 amide bonds. The number of hydrogen-bond donors (Lipinski definition) is 3. The molecular weight excluding hydrogens is 358 g/mol. The van der Waals surface area contributed by atoms with Crippen LogP contribution in [0.3, 0.4) is 0 Å². The first-order chi connectivity index (χ1) is 11.2. The molecule has 1 heterocycles. The molecule has 0 spiro atoms. The highest BCUT2D eigenvalue weighted by Gasteiger charge is 2.23. The quantitative estimate of drug-likeness (QED) is 0.633. The lowest BCUT2D eigenvalue weighted by Crippen LogP contribution is -2.30. The highest BCUT2D eigenvalue weighted by Crippen LogP contribution is 2.15. The van der Waals surface area contributed by atoms with Gasteiger partial charge in [0.15, 0.2) is 5.76 Å². The second-order valence-corrected chi connectivity index (χ2v) is 8.11. The Morgan fingerprint density at radius 2 is 1.67 bits per heavy atom. The number of carbonyl (C=O) groups is 1. The fourth-order valence-corrected chi connectivity index (χ4v) is 3.33. The van der Waals surface area contributed by atoms with Gasteiger partial charge in [-0.2, -0.15) is 0 Å². The van der Waals surface area contributed by atoms with Crippen molar-refractivity contribution >= 4 is 26.0 Å². The maximum atomic E-state index is 12.1. The third kappa shape index (κ3) is 3.82. The summed E-state index contributed by atoms with van der Waals surface area (Å²) in [6.45, 7) is 0.252. The van der Waals surface area contributed by atoms with Gasteiger partial charge in [-0.1, -0.05) is 12.1 Å². The van der Waals surface area contributed by atoms with Crippen molar-refractivity contribution in [2.45, 2.75) is 16.5 Å². The van der Waals surface area contributed by atoms with Crippen LogP contribution < -0.4 is 15.2 Å². The Balaban J connectivity index is 2.22. The summed E-state index contributed by atoms with van der Waals surface area (Å²) in [7, 11) is -6.83. The maximum absolute atomic E-state index is 12.1. The molecule has 11 heteroatoms. The minimum atomic E-state index is -4.13. The molecule has 0 unspecified atom stereocenters. The molecule has 0 fully saturated rings. The van der Waals surface area contributed by atoms with Crippen molar-refractivity contribution in [3.63, 3.8) is 0 Å². The van der Waals surface area contributed by atoms with E-state index in [4.69, 9.17) is 10.2 Å². The van der Waals surface area contributed by atoms with Crippen molar-refractivity contribution in [1.29, 1.82) is 0 Å². The molecule has 0 saturated heterocycles. The van der Waals surface area contributed by atoms with Gasteiger partial charge in [0.2, 0.25) is 5.09 Å². The molecule has 0 aliphatic rings. The van der Waals surface area contributed by atoms with E-state index in [2.05, 4.69) is 0 Å². The zero-order valence-electron chi connectivity index (χ0n) is 12.5. The first kappa shape index (κ1) is 18.1. The summed E-state index contributed by atoms with van der Waals surface area (Å²) in [5, 5.41) is -0.500. The van der Waals surface area contributed by atoms with Crippen LogP contribution in [-0.4, -0.2) is 29.8 Å². The predicted octanol–water partition coefficient (Wildman–Crippen LogP) is -0.235. The van der Waals surface area contributed by atoms with Crippen LogP contribution in [0.4, 0.5) is 0 Å². The molecule has 0 atom stereocenters. The van der Waals surface area contributed by atoms with Crippen molar-refractivity contribution < 1.29 is 26.0 Å². The molecule has 0 aliphatic heterocycles. The Hall–Kier alpha value is -2.21. The minimum Gasteiger partial charge on any atom is -0.438 e. The molecule has 1 aromatic carbocycles. The lowest BCUT2D eigenvalue weighted by molar-refractivity contribution is 0.0949. The Kier molecular flexibility index (Phi) is 5.08. The molecule has 0 aliphatic carbocycles. The average molecular weight is 373 g/mol. The van der Waals surface area contributed by atoms with Crippen molar-refractivity contribution in [3.05, 3.63) is 47.7 Å². The molecule has 2 aromatic rings. The third-order valence-corrected chi connectivity index (χ3v) is 5.67. The lowest BCUT2D eigenvalue weighted by Gasteiger charge is -2.06. The second-order valence-electron chi connectivity index (χ2n) is 4.61. The van der Waals surface area contributed by atoms with E-state index in [1.165, 1.54) is 31.3 Å². The SMILES string of the molecule is CNS(=O)(=O)c1ccc(C(=O)NS(=O)(=O)c2ccc(CN)cc2)o1. The number of sulfonamides is 2. The highest BCUT2D eigenvalue weighted by molar-refractivity contribution is 7.90. The number of hydrogen-bond acceptors (Lipinski definition) is 7. The lowest BCUT2D eigenvalue weighted by atomic mass is 10.2. The minimum absolute atomic E-state index is 0.136. The van der Waals surface area contributed by atoms with E-state index >= 15 is 0 Å². The van der Waals surface area contributed by atoms with Gasteiger partial charge in [-0.05, 0) is 36.9 Å². The summed E-state index contributed by atoms with van der Waals surface area (Å²) in [6, 6.07) is 7.75. The van der Waals surface area contributed by atoms with Crippen LogP contribution in [0.2, 0.25) is 0 Å². The van der Waals surface area contributed by atoms with E-state index in [0.717, 1.165) is 17.7 Å². The molecule has 9 nitrogen and oxygen atoms in total. The molecule has 0 bridgehead atoms. The zero-order valence-corrected chi connectivity index (χ0v) is 14.1. The van der Waals surface area contributed by atoms with Gasteiger partial charge < -0.3 is 10.2 Å². The van der Waals surface area contributed by atoms with Crippen LogP contribution in [0, 0.1) is 0 Å². The normalized spacial score (nSPS) is 12.1. The maximum Gasteiger partial charge on any atom is 0.300 e. The molecular formula is C13H15N3O6S2. The molecule has 2 rings (SSSR count). The molecule has 130 valence electrons. The first-order valence-corrected chi connectivity index (χ1v) is 9.56. The van der Waals surface area contributed by atoms with E-state index in [1.807, 2.05) is 4.72 Å².